The van der Waals surface area contributed by atoms with Crippen LogP contribution in [0.25, 0.3) is 0 Å². The van der Waals surface area contributed by atoms with Crippen LogP contribution in [0.4, 0.5) is 0 Å². The van der Waals surface area contributed by atoms with Crippen LogP contribution < -0.4 is 0 Å². The van der Waals surface area contributed by atoms with Gasteiger partial charge >= 0.3 is 0 Å². The van der Waals surface area contributed by atoms with Crippen LogP contribution in [0.15, 0.2) is 43.0 Å². The molecular weight excluding hydrogens is 276 g/mol. The molecule has 1 aromatic carbocycles. The van der Waals surface area contributed by atoms with Crippen LogP contribution in [0, 0.1) is 11.8 Å². The third-order valence-corrected chi connectivity index (χ3v) is 4.05. The summed E-state index contributed by atoms with van der Waals surface area (Å²) in [5.41, 5.74) is 1.18. The molecule has 1 saturated carbocycles. The fourth-order valence-electron chi connectivity index (χ4n) is 2.65. The van der Waals surface area contributed by atoms with E-state index in [0.29, 0.717) is 19.0 Å². The predicted molar refractivity (Wildman–Crippen MR) is 83.8 cm³/mol. The summed E-state index contributed by atoms with van der Waals surface area (Å²) >= 11 is 0. The van der Waals surface area contributed by atoms with E-state index in [2.05, 4.69) is 22.2 Å². The Balaban J connectivity index is 1.66. The minimum atomic E-state index is -0.0934. The van der Waals surface area contributed by atoms with E-state index in [9.17, 15) is 4.79 Å². The van der Waals surface area contributed by atoms with Gasteiger partial charge in [-0.25, -0.2) is 4.98 Å². The summed E-state index contributed by atoms with van der Waals surface area (Å²) in [6.07, 6.45) is 5.65. The molecule has 5 nitrogen and oxygen atoms in total. The van der Waals surface area contributed by atoms with Crippen molar-refractivity contribution in [3.8, 4) is 0 Å². The molecule has 1 heterocycles. The quantitative estimate of drug-likeness (QED) is 0.788. The lowest BCUT2D eigenvalue weighted by molar-refractivity contribution is -0.136. The maximum Gasteiger partial charge on any atom is 0.227 e. The van der Waals surface area contributed by atoms with E-state index in [1.54, 1.807) is 11.0 Å². The van der Waals surface area contributed by atoms with Crippen molar-refractivity contribution in [1.82, 2.24) is 19.7 Å². The second-order valence-electron chi connectivity index (χ2n) is 6.17. The van der Waals surface area contributed by atoms with Gasteiger partial charge in [0.15, 0.2) is 0 Å². The van der Waals surface area contributed by atoms with Gasteiger partial charge in [-0.1, -0.05) is 37.3 Å². The van der Waals surface area contributed by atoms with Gasteiger partial charge < -0.3 is 4.90 Å². The van der Waals surface area contributed by atoms with Crippen molar-refractivity contribution in [2.24, 2.45) is 11.8 Å². The Morgan fingerprint density at radius 3 is 2.77 bits per heavy atom. The number of carbonyl (C=O) groups is 1. The van der Waals surface area contributed by atoms with Crippen molar-refractivity contribution in [3.05, 3.63) is 48.5 Å². The lowest BCUT2D eigenvalue weighted by atomic mass is 10.1. The van der Waals surface area contributed by atoms with Gasteiger partial charge in [0.05, 0.1) is 12.5 Å². The monoisotopic (exact) mass is 298 g/mol. The molecule has 0 spiro atoms. The minimum absolute atomic E-state index is 0.0934. The number of rotatable bonds is 7. The van der Waals surface area contributed by atoms with E-state index in [1.165, 1.54) is 24.7 Å². The Hall–Kier alpha value is -2.17. The van der Waals surface area contributed by atoms with Crippen LogP contribution in [0.3, 0.4) is 0 Å². The molecule has 116 valence electrons. The molecule has 1 atom stereocenters. The number of hydrogen-bond acceptors (Lipinski definition) is 3. The average molecular weight is 298 g/mol. The molecule has 0 radical (unpaired) electrons. The van der Waals surface area contributed by atoms with Crippen molar-refractivity contribution < 1.29 is 4.79 Å². The van der Waals surface area contributed by atoms with Gasteiger partial charge in [0.25, 0.3) is 0 Å². The molecular formula is C17H22N4O. The average Bonchev–Trinajstić information content (AvgIpc) is 3.20. The number of hydrogen-bond donors (Lipinski definition) is 0. The van der Waals surface area contributed by atoms with Gasteiger partial charge in [-0.2, -0.15) is 5.10 Å². The Bertz CT molecular complexity index is 592. The summed E-state index contributed by atoms with van der Waals surface area (Å²) in [5.74, 6) is 0.793. The number of carbonyl (C=O) groups excluding carboxylic acids is 1. The normalized spacial score (nSPS) is 15.5. The van der Waals surface area contributed by atoms with Gasteiger partial charge in [-0.15, -0.1) is 0 Å². The van der Waals surface area contributed by atoms with E-state index >= 15 is 0 Å². The summed E-state index contributed by atoms with van der Waals surface area (Å²) in [5, 5.41) is 4.09. The zero-order valence-electron chi connectivity index (χ0n) is 12.9. The number of benzene rings is 1. The largest absolute Gasteiger partial charge is 0.338 e. The molecule has 1 aromatic heterocycles. The third-order valence-electron chi connectivity index (χ3n) is 4.05. The van der Waals surface area contributed by atoms with Crippen LogP contribution in [-0.2, 0) is 17.9 Å². The van der Waals surface area contributed by atoms with Crippen LogP contribution in [-0.4, -0.2) is 32.1 Å². The van der Waals surface area contributed by atoms with Gasteiger partial charge in [0, 0.05) is 13.1 Å². The SMILES string of the molecule is CC(Cn1cncn1)C(=O)N(Cc1ccccc1)CC1CC1. The second-order valence-corrected chi connectivity index (χ2v) is 6.17. The van der Waals surface area contributed by atoms with Gasteiger partial charge in [0.1, 0.15) is 12.7 Å². The highest BCUT2D eigenvalue weighted by molar-refractivity contribution is 5.78. The lowest BCUT2D eigenvalue weighted by Crippen LogP contribution is -2.37. The summed E-state index contributed by atoms with van der Waals surface area (Å²) < 4.78 is 1.72. The highest BCUT2D eigenvalue weighted by Crippen LogP contribution is 2.30. The van der Waals surface area contributed by atoms with Crippen LogP contribution in [0.2, 0.25) is 0 Å². The van der Waals surface area contributed by atoms with Crippen molar-refractivity contribution >= 4 is 5.91 Å². The van der Waals surface area contributed by atoms with E-state index in [0.717, 1.165) is 6.54 Å². The Labute approximate surface area is 131 Å². The first-order valence-electron chi connectivity index (χ1n) is 7.87. The molecule has 0 saturated heterocycles. The third kappa shape index (κ3) is 3.93. The minimum Gasteiger partial charge on any atom is -0.338 e. The van der Waals surface area contributed by atoms with Gasteiger partial charge in [-0.05, 0) is 24.3 Å². The van der Waals surface area contributed by atoms with E-state index < -0.39 is 0 Å². The highest BCUT2D eigenvalue weighted by atomic mass is 16.2. The zero-order chi connectivity index (χ0) is 15.4. The molecule has 1 fully saturated rings. The molecule has 0 bridgehead atoms. The maximum absolute atomic E-state index is 12.8. The summed E-state index contributed by atoms with van der Waals surface area (Å²) in [7, 11) is 0. The van der Waals surface area contributed by atoms with Crippen LogP contribution in [0.1, 0.15) is 25.3 Å². The fourth-order valence-corrected chi connectivity index (χ4v) is 2.65. The molecule has 1 aliphatic rings. The molecule has 1 amide bonds. The molecule has 0 N–H and O–H groups in total. The summed E-state index contributed by atoms with van der Waals surface area (Å²) in [4.78, 5) is 18.7. The van der Waals surface area contributed by atoms with Gasteiger partial charge in [0.2, 0.25) is 5.91 Å². The molecule has 2 aromatic rings. The molecule has 1 aliphatic carbocycles. The summed E-state index contributed by atoms with van der Waals surface area (Å²) in [6.45, 7) is 4.11. The lowest BCUT2D eigenvalue weighted by Gasteiger charge is -2.26. The fraction of sp³-hybridized carbons (Fsp3) is 0.471. The molecule has 0 aliphatic heterocycles. The first-order valence-corrected chi connectivity index (χ1v) is 7.87. The van der Waals surface area contributed by atoms with E-state index in [1.807, 2.05) is 30.0 Å². The van der Waals surface area contributed by atoms with E-state index in [-0.39, 0.29) is 11.8 Å². The molecule has 3 rings (SSSR count). The standard InChI is InChI=1S/C17H22N4O/c1-14(9-21-13-18-12-19-21)17(22)20(11-16-7-8-16)10-15-5-3-2-4-6-15/h2-6,12-14,16H,7-11H2,1H3. The smallest absolute Gasteiger partial charge is 0.227 e. The van der Waals surface area contributed by atoms with Crippen molar-refractivity contribution in [2.75, 3.05) is 6.54 Å². The predicted octanol–water partition coefficient (Wildman–Crippen LogP) is 2.35. The molecule has 1 unspecified atom stereocenters. The Morgan fingerprint density at radius 2 is 2.14 bits per heavy atom. The van der Waals surface area contributed by atoms with Crippen molar-refractivity contribution in [1.29, 1.82) is 0 Å². The number of amides is 1. The highest BCUT2D eigenvalue weighted by Gasteiger charge is 2.29. The van der Waals surface area contributed by atoms with Crippen LogP contribution in [0.5, 0.6) is 0 Å². The first-order chi connectivity index (χ1) is 10.7. The van der Waals surface area contributed by atoms with E-state index in [4.69, 9.17) is 0 Å². The second kappa shape index (κ2) is 6.73. The molecule has 22 heavy (non-hydrogen) atoms. The van der Waals surface area contributed by atoms with Crippen molar-refractivity contribution in [3.63, 3.8) is 0 Å². The first kappa shape index (κ1) is 14.8. The number of aromatic nitrogens is 3. The van der Waals surface area contributed by atoms with Gasteiger partial charge in [-0.3, -0.25) is 9.48 Å². The Morgan fingerprint density at radius 1 is 1.36 bits per heavy atom. The summed E-state index contributed by atoms with van der Waals surface area (Å²) in [6, 6.07) is 10.2. The Kier molecular flexibility index (Phi) is 4.51. The van der Waals surface area contributed by atoms with Crippen LogP contribution >= 0.6 is 0 Å². The van der Waals surface area contributed by atoms with Crippen molar-refractivity contribution in [2.45, 2.75) is 32.9 Å². The maximum atomic E-state index is 12.8. The topological polar surface area (TPSA) is 51.0 Å². The zero-order valence-corrected chi connectivity index (χ0v) is 12.9. The number of nitrogens with zero attached hydrogens (tertiary/aromatic N) is 4. The molecule has 5 heteroatoms.